The standard InChI is InChI=1S/C19H15NO2/c1-2-22-19(21)16(12-20)10-13-7-8-18-15(9-13)11-14-5-3-4-6-17(14)18/h3-10H,2,11H2,1H3/b16-10+. The second-order valence-corrected chi connectivity index (χ2v) is 5.14. The van der Waals surface area contributed by atoms with Crippen LogP contribution < -0.4 is 0 Å². The van der Waals surface area contributed by atoms with Crippen molar-refractivity contribution in [3.05, 3.63) is 64.7 Å². The minimum absolute atomic E-state index is 0.0253. The first kappa shape index (κ1) is 14.1. The zero-order valence-corrected chi connectivity index (χ0v) is 12.3. The number of esters is 1. The first-order valence-electron chi connectivity index (χ1n) is 7.23. The van der Waals surface area contributed by atoms with Crippen molar-refractivity contribution in [2.75, 3.05) is 6.61 Å². The molecule has 0 atom stereocenters. The fraction of sp³-hybridized carbons (Fsp3) is 0.158. The van der Waals surface area contributed by atoms with Crippen molar-refractivity contribution in [1.82, 2.24) is 0 Å². The molecule has 2 aromatic carbocycles. The molecular formula is C19H15NO2. The predicted octanol–water partition coefficient (Wildman–Crippen LogP) is 3.73. The Morgan fingerprint density at radius 3 is 2.77 bits per heavy atom. The Morgan fingerprint density at radius 1 is 1.23 bits per heavy atom. The molecule has 108 valence electrons. The van der Waals surface area contributed by atoms with Crippen LogP contribution in [0.5, 0.6) is 0 Å². The highest BCUT2D eigenvalue weighted by molar-refractivity contribution is 5.98. The summed E-state index contributed by atoms with van der Waals surface area (Å²) in [6.45, 7) is 1.98. The van der Waals surface area contributed by atoms with Gasteiger partial charge in [-0.1, -0.05) is 42.5 Å². The van der Waals surface area contributed by atoms with E-state index in [2.05, 4.69) is 12.1 Å². The van der Waals surface area contributed by atoms with Crippen molar-refractivity contribution in [2.45, 2.75) is 13.3 Å². The fourth-order valence-electron chi connectivity index (χ4n) is 2.77. The zero-order chi connectivity index (χ0) is 15.5. The summed E-state index contributed by atoms with van der Waals surface area (Å²) in [5.74, 6) is -0.575. The molecule has 3 nitrogen and oxygen atoms in total. The molecule has 0 heterocycles. The van der Waals surface area contributed by atoms with Crippen LogP contribution in [0, 0.1) is 11.3 Å². The fourth-order valence-corrected chi connectivity index (χ4v) is 2.77. The van der Waals surface area contributed by atoms with E-state index in [1.165, 1.54) is 22.3 Å². The van der Waals surface area contributed by atoms with Crippen molar-refractivity contribution in [1.29, 1.82) is 5.26 Å². The summed E-state index contributed by atoms with van der Waals surface area (Å²) in [6.07, 6.45) is 2.47. The van der Waals surface area contributed by atoms with Gasteiger partial charge in [0, 0.05) is 0 Å². The van der Waals surface area contributed by atoms with E-state index in [0.717, 1.165) is 12.0 Å². The summed E-state index contributed by atoms with van der Waals surface area (Å²) < 4.78 is 4.88. The number of nitriles is 1. The Hall–Kier alpha value is -2.86. The topological polar surface area (TPSA) is 50.1 Å². The second-order valence-electron chi connectivity index (χ2n) is 5.14. The minimum atomic E-state index is -0.575. The van der Waals surface area contributed by atoms with Crippen LogP contribution in [0.3, 0.4) is 0 Å². The molecule has 0 N–H and O–H groups in total. The molecule has 0 unspecified atom stereocenters. The highest BCUT2D eigenvalue weighted by atomic mass is 16.5. The molecule has 0 aromatic heterocycles. The number of hydrogen-bond acceptors (Lipinski definition) is 3. The number of ether oxygens (including phenoxy) is 1. The van der Waals surface area contributed by atoms with Gasteiger partial charge in [-0.15, -0.1) is 0 Å². The van der Waals surface area contributed by atoms with E-state index in [-0.39, 0.29) is 12.2 Å². The van der Waals surface area contributed by atoms with Gasteiger partial charge in [0.1, 0.15) is 11.6 Å². The van der Waals surface area contributed by atoms with Gasteiger partial charge >= 0.3 is 5.97 Å². The first-order chi connectivity index (χ1) is 10.7. The number of carbonyl (C=O) groups is 1. The summed E-state index contributed by atoms with van der Waals surface area (Å²) in [6, 6.07) is 16.2. The van der Waals surface area contributed by atoms with Crippen molar-refractivity contribution in [2.24, 2.45) is 0 Å². The second kappa shape index (κ2) is 5.87. The van der Waals surface area contributed by atoms with E-state index in [4.69, 9.17) is 10.00 Å². The Labute approximate surface area is 129 Å². The maximum Gasteiger partial charge on any atom is 0.348 e. The third-order valence-corrected chi connectivity index (χ3v) is 3.74. The maximum absolute atomic E-state index is 11.7. The molecule has 3 heteroatoms. The number of carbonyl (C=O) groups excluding carboxylic acids is 1. The molecule has 1 aliphatic carbocycles. The number of fused-ring (bicyclic) bond motifs is 3. The molecule has 0 saturated carbocycles. The Kier molecular flexibility index (Phi) is 3.76. The van der Waals surface area contributed by atoms with Crippen LogP contribution in [0.2, 0.25) is 0 Å². The average Bonchev–Trinajstić information content (AvgIpc) is 2.90. The van der Waals surface area contributed by atoms with Gasteiger partial charge in [-0.05, 0) is 47.2 Å². The third-order valence-electron chi connectivity index (χ3n) is 3.74. The lowest BCUT2D eigenvalue weighted by Gasteiger charge is -2.03. The van der Waals surface area contributed by atoms with Crippen LogP contribution in [-0.2, 0) is 16.0 Å². The summed E-state index contributed by atoms with van der Waals surface area (Å²) in [5, 5.41) is 9.10. The van der Waals surface area contributed by atoms with Crippen LogP contribution in [0.15, 0.2) is 48.0 Å². The van der Waals surface area contributed by atoms with E-state index in [9.17, 15) is 4.79 Å². The number of nitrogens with zero attached hydrogens (tertiary/aromatic N) is 1. The lowest BCUT2D eigenvalue weighted by Crippen LogP contribution is -2.06. The van der Waals surface area contributed by atoms with E-state index < -0.39 is 5.97 Å². The lowest BCUT2D eigenvalue weighted by molar-refractivity contribution is -0.137. The minimum Gasteiger partial charge on any atom is -0.462 e. The molecule has 22 heavy (non-hydrogen) atoms. The highest BCUT2D eigenvalue weighted by Gasteiger charge is 2.18. The van der Waals surface area contributed by atoms with Crippen LogP contribution in [0.1, 0.15) is 23.6 Å². The molecule has 0 fully saturated rings. The van der Waals surface area contributed by atoms with Gasteiger partial charge in [0.05, 0.1) is 6.61 Å². The Morgan fingerprint density at radius 2 is 2.00 bits per heavy atom. The summed E-state index contributed by atoms with van der Waals surface area (Å²) in [7, 11) is 0. The number of benzene rings is 2. The maximum atomic E-state index is 11.7. The summed E-state index contributed by atoms with van der Waals surface area (Å²) in [4.78, 5) is 11.7. The summed E-state index contributed by atoms with van der Waals surface area (Å²) >= 11 is 0. The van der Waals surface area contributed by atoms with Gasteiger partial charge in [0.15, 0.2) is 0 Å². The summed E-state index contributed by atoms with van der Waals surface area (Å²) in [5.41, 5.74) is 5.88. The predicted molar refractivity (Wildman–Crippen MR) is 84.9 cm³/mol. The molecular weight excluding hydrogens is 274 g/mol. The Balaban J connectivity index is 1.95. The van der Waals surface area contributed by atoms with Gasteiger partial charge in [-0.2, -0.15) is 5.26 Å². The number of rotatable bonds is 3. The van der Waals surface area contributed by atoms with E-state index in [0.29, 0.717) is 0 Å². The normalized spacial score (nSPS) is 12.3. The average molecular weight is 289 g/mol. The quantitative estimate of drug-likeness (QED) is 0.419. The molecule has 0 bridgehead atoms. The molecule has 0 saturated heterocycles. The molecule has 0 aliphatic heterocycles. The smallest absolute Gasteiger partial charge is 0.348 e. The third kappa shape index (κ3) is 2.51. The van der Waals surface area contributed by atoms with Gasteiger partial charge in [0.25, 0.3) is 0 Å². The van der Waals surface area contributed by atoms with E-state index >= 15 is 0 Å². The largest absolute Gasteiger partial charge is 0.462 e. The number of hydrogen-bond donors (Lipinski definition) is 0. The van der Waals surface area contributed by atoms with E-state index in [1.807, 2.05) is 36.4 Å². The van der Waals surface area contributed by atoms with Gasteiger partial charge in [-0.25, -0.2) is 4.79 Å². The van der Waals surface area contributed by atoms with Crippen molar-refractivity contribution < 1.29 is 9.53 Å². The molecule has 0 radical (unpaired) electrons. The molecule has 3 rings (SSSR count). The molecule has 0 amide bonds. The monoisotopic (exact) mass is 289 g/mol. The molecule has 0 spiro atoms. The molecule has 2 aromatic rings. The van der Waals surface area contributed by atoms with Crippen molar-refractivity contribution in [3.8, 4) is 17.2 Å². The van der Waals surface area contributed by atoms with Gasteiger partial charge in [-0.3, -0.25) is 0 Å². The SMILES string of the molecule is CCOC(=O)/C(C#N)=C/c1ccc2c(c1)Cc1ccccc1-2. The van der Waals surface area contributed by atoms with Crippen LogP contribution in [0.4, 0.5) is 0 Å². The van der Waals surface area contributed by atoms with Crippen LogP contribution in [0.25, 0.3) is 17.2 Å². The zero-order valence-electron chi connectivity index (χ0n) is 12.3. The van der Waals surface area contributed by atoms with Crippen LogP contribution in [-0.4, -0.2) is 12.6 Å². The van der Waals surface area contributed by atoms with Crippen molar-refractivity contribution >= 4 is 12.0 Å². The lowest BCUT2D eigenvalue weighted by atomic mass is 10.0. The van der Waals surface area contributed by atoms with E-state index in [1.54, 1.807) is 13.0 Å². The van der Waals surface area contributed by atoms with Crippen molar-refractivity contribution in [3.63, 3.8) is 0 Å². The van der Waals surface area contributed by atoms with Crippen LogP contribution >= 0.6 is 0 Å². The molecule has 1 aliphatic rings. The first-order valence-corrected chi connectivity index (χ1v) is 7.23. The van der Waals surface area contributed by atoms with Gasteiger partial charge < -0.3 is 4.74 Å². The highest BCUT2D eigenvalue weighted by Crippen LogP contribution is 2.36. The van der Waals surface area contributed by atoms with Gasteiger partial charge in [0.2, 0.25) is 0 Å². The Bertz CT molecular complexity index is 812.